The van der Waals surface area contributed by atoms with Gasteiger partial charge in [0.05, 0.1) is 10.5 Å². The van der Waals surface area contributed by atoms with E-state index in [0.717, 1.165) is 35.4 Å². The van der Waals surface area contributed by atoms with Crippen molar-refractivity contribution < 1.29 is 13.2 Å². The van der Waals surface area contributed by atoms with E-state index in [0.29, 0.717) is 12.0 Å². The van der Waals surface area contributed by atoms with E-state index in [2.05, 4.69) is 9.62 Å². The highest BCUT2D eigenvalue weighted by atomic mass is 32.2. The van der Waals surface area contributed by atoms with E-state index in [9.17, 15) is 13.2 Å². The van der Waals surface area contributed by atoms with Crippen LogP contribution < -0.4 is 4.72 Å². The number of nitrogens with one attached hydrogen (secondary N) is 1. The molecule has 0 radical (unpaired) electrons. The van der Waals surface area contributed by atoms with Crippen LogP contribution in [0.25, 0.3) is 10.4 Å². The molecule has 2 aliphatic rings. The third-order valence-electron chi connectivity index (χ3n) is 6.07. The van der Waals surface area contributed by atoms with Crippen molar-refractivity contribution in [3.63, 3.8) is 0 Å². The minimum absolute atomic E-state index is 0.147. The summed E-state index contributed by atoms with van der Waals surface area (Å²) in [6, 6.07) is 9.13. The number of fused-ring (bicyclic) bond motifs is 1. The molecule has 0 bridgehead atoms. The summed E-state index contributed by atoms with van der Waals surface area (Å²) < 4.78 is 26.1. The third kappa shape index (κ3) is 3.75. The number of thiophene rings is 1. The van der Waals surface area contributed by atoms with E-state index in [-0.39, 0.29) is 10.8 Å². The first kappa shape index (κ1) is 19.6. The lowest BCUT2D eigenvalue weighted by atomic mass is 9.78. The molecule has 2 unspecified atom stereocenters. The third-order valence-corrected chi connectivity index (χ3v) is 8.48. The fourth-order valence-corrected chi connectivity index (χ4v) is 6.18. The normalized spacial score (nSPS) is 22.7. The quantitative estimate of drug-likeness (QED) is 0.812. The summed E-state index contributed by atoms with van der Waals surface area (Å²) in [6.45, 7) is 0.863. The van der Waals surface area contributed by atoms with Crippen molar-refractivity contribution in [2.24, 2.45) is 5.92 Å². The van der Waals surface area contributed by atoms with Crippen LogP contribution in [0, 0.1) is 5.92 Å². The van der Waals surface area contributed by atoms with E-state index in [1.807, 2.05) is 11.4 Å². The van der Waals surface area contributed by atoms with Gasteiger partial charge >= 0.3 is 0 Å². The molecule has 1 aromatic carbocycles. The maximum atomic E-state index is 13.2. The summed E-state index contributed by atoms with van der Waals surface area (Å²) in [6.07, 6.45) is 7.27. The molecule has 1 amide bonds. The zero-order chi connectivity index (χ0) is 19.7. The fraction of sp³-hybridized carbons (Fsp3) is 0.476. The number of likely N-dealkylation sites (tertiary alicyclic amines) is 1. The number of hydrogen-bond donors (Lipinski definition) is 1. The number of benzene rings is 1. The number of sulfonamides is 1. The summed E-state index contributed by atoms with van der Waals surface area (Å²) in [5.74, 6) is 0.819. The van der Waals surface area contributed by atoms with Crippen LogP contribution in [0.1, 0.15) is 48.9 Å². The Bertz CT molecular complexity index is 948. The van der Waals surface area contributed by atoms with Gasteiger partial charge in [-0.25, -0.2) is 13.1 Å². The van der Waals surface area contributed by atoms with Crippen LogP contribution in [0.3, 0.4) is 0 Å². The van der Waals surface area contributed by atoms with Gasteiger partial charge in [0.1, 0.15) is 0 Å². The average molecular weight is 419 g/mol. The first-order chi connectivity index (χ1) is 13.5. The van der Waals surface area contributed by atoms with Crippen LogP contribution in [-0.2, 0) is 10.0 Å². The van der Waals surface area contributed by atoms with Gasteiger partial charge in [-0.05, 0) is 62.4 Å². The lowest BCUT2D eigenvalue weighted by Gasteiger charge is -2.44. The zero-order valence-corrected chi connectivity index (χ0v) is 17.7. The standard InChI is InChI=1S/C21H26N2O3S2/c1-22-28(25,26)18-10-8-16(9-11-18)20-13-17(14-27-20)21(24)23-12-4-6-15-5-2-3-7-19(15)23/h8-11,13-15,19,22H,2-7,12H2,1H3. The van der Waals surface area contributed by atoms with E-state index < -0.39 is 10.0 Å². The van der Waals surface area contributed by atoms with Crippen molar-refractivity contribution in [3.05, 3.63) is 41.3 Å². The van der Waals surface area contributed by atoms with Crippen molar-refractivity contribution in [1.82, 2.24) is 9.62 Å². The van der Waals surface area contributed by atoms with Crippen molar-refractivity contribution in [2.75, 3.05) is 13.6 Å². The molecule has 7 heteroatoms. The molecule has 1 aromatic heterocycles. The summed E-state index contributed by atoms with van der Waals surface area (Å²) in [5.41, 5.74) is 1.67. The molecule has 1 aliphatic heterocycles. The van der Waals surface area contributed by atoms with Crippen molar-refractivity contribution in [2.45, 2.75) is 49.5 Å². The molecular formula is C21H26N2O3S2. The van der Waals surface area contributed by atoms with Gasteiger partial charge in [0.25, 0.3) is 5.91 Å². The Labute approximate surface area is 170 Å². The molecule has 2 atom stereocenters. The molecule has 1 N–H and O–H groups in total. The summed E-state index contributed by atoms with van der Waals surface area (Å²) >= 11 is 1.53. The number of hydrogen-bond acceptors (Lipinski definition) is 4. The first-order valence-electron chi connectivity index (χ1n) is 9.93. The van der Waals surface area contributed by atoms with Crippen LogP contribution in [0.15, 0.2) is 40.6 Å². The molecule has 1 aliphatic carbocycles. The number of nitrogens with zero attached hydrogens (tertiary/aromatic N) is 1. The molecule has 28 heavy (non-hydrogen) atoms. The Kier molecular flexibility index (Phi) is 5.58. The highest BCUT2D eigenvalue weighted by Crippen LogP contribution is 2.37. The van der Waals surface area contributed by atoms with Crippen molar-refractivity contribution in [3.8, 4) is 10.4 Å². The monoisotopic (exact) mass is 418 g/mol. The molecule has 1 saturated heterocycles. The fourth-order valence-electron chi connectivity index (χ4n) is 4.56. The Morgan fingerprint density at radius 3 is 2.57 bits per heavy atom. The second kappa shape index (κ2) is 7.97. The van der Waals surface area contributed by atoms with Crippen molar-refractivity contribution >= 4 is 27.3 Å². The molecule has 5 nitrogen and oxygen atoms in total. The lowest BCUT2D eigenvalue weighted by molar-refractivity contribution is 0.0391. The van der Waals surface area contributed by atoms with E-state index >= 15 is 0 Å². The summed E-state index contributed by atoms with van der Waals surface area (Å²) in [4.78, 5) is 16.5. The van der Waals surface area contributed by atoms with Crippen molar-refractivity contribution in [1.29, 1.82) is 0 Å². The number of carbonyl (C=O) groups excluding carboxylic acids is 1. The van der Waals surface area contributed by atoms with Gasteiger partial charge in [0.15, 0.2) is 0 Å². The number of rotatable bonds is 4. The van der Waals surface area contributed by atoms with Gasteiger partial charge in [-0.2, -0.15) is 0 Å². The van der Waals surface area contributed by atoms with Crippen LogP contribution in [0.5, 0.6) is 0 Å². The van der Waals surface area contributed by atoms with Gasteiger partial charge in [-0.3, -0.25) is 4.79 Å². The van der Waals surface area contributed by atoms with E-state index in [1.165, 1.54) is 44.1 Å². The van der Waals surface area contributed by atoms with Gasteiger partial charge in [0.2, 0.25) is 10.0 Å². The van der Waals surface area contributed by atoms with E-state index in [4.69, 9.17) is 0 Å². The largest absolute Gasteiger partial charge is 0.335 e. The van der Waals surface area contributed by atoms with Gasteiger partial charge in [-0.1, -0.05) is 25.0 Å². The molecule has 2 heterocycles. The van der Waals surface area contributed by atoms with Crippen LogP contribution in [0.4, 0.5) is 0 Å². The smallest absolute Gasteiger partial charge is 0.254 e. The van der Waals surface area contributed by atoms with Crippen LogP contribution >= 0.6 is 11.3 Å². The van der Waals surface area contributed by atoms with Crippen LogP contribution in [0.2, 0.25) is 0 Å². The van der Waals surface area contributed by atoms with Gasteiger partial charge < -0.3 is 4.90 Å². The Balaban J connectivity index is 1.53. The molecule has 4 rings (SSSR count). The Morgan fingerprint density at radius 1 is 1.11 bits per heavy atom. The predicted molar refractivity (Wildman–Crippen MR) is 112 cm³/mol. The maximum Gasteiger partial charge on any atom is 0.254 e. The van der Waals surface area contributed by atoms with Crippen LogP contribution in [-0.4, -0.2) is 38.9 Å². The summed E-state index contributed by atoms with van der Waals surface area (Å²) in [5, 5.41) is 1.93. The Hall–Kier alpha value is -1.70. The average Bonchev–Trinajstić information content (AvgIpc) is 3.23. The summed E-state index contributed by atoms with van der Waals surface area (Å²) in [7, 11) is -2.04. The molecule has 2 fully saturated rings. The molecule has 2 aromatic rings. The van der Waals surface area contributed by atoms with E-state index in [1.54, 1.807) is 24.3 Å². The van der Waals surface area contributed by atoms with Gasteiger partial charge in [-0.15, -0.1) is 11.3 Å². The maximum absolute atomic E-state index is 13.2. The molecule has 0 spiro atoms. The predicted octanol–water partition coefficient (Wildman–Crippen LogP) is 4.12. The number of piperidine rings is 1. The first-order valence-corrected chi connectivity index (χ1v) is 12.3. The number of carbonyl (C=O) groups is 1. The second-order valence-corrected chi connectivity index (χ2v) is 10.5. The minimum atomic E-state index is -3.44. The second-order valence-electron chi connectivity index (χ2n) is 7.68. The number of amides is 1. The SMILES string of the molecule is CNS(=O)(=O)c1ccc(-c2cc(C(=O)N3CCCC4CCCCC43)cs2)cc1. The topological polar surface area (TPSA) is 66.5 Å². The molecule has 150 valence electrons. The highest BCUT2D eigenvalue weighted by molar-refractivity contribution is 7.89. The molecular weight excluding hydrogens is 392 g/mol. The minimum Gasteiger partial charge on any atom is -0.335 e. The highest BCUT2D eigenvalue weighted by Gasteiger charge is 2.36. The molecule has 1 saturated carbocycles. The van der Waals surface area contributed by atoms with Gasteiger partial charge in [0, 0.05) is 22.8 Å². The Morgan fingerprint density at radius 2 is 1.82 bits per heavy atom. The zero-order valence-electron chi connectivity index (χ0n) is 16.1. The lowest BCUT2D eigenvalue weighted by Crippen LogP contribution is -2.49.